The van der Waals surface area contributed by atoms with E-state index in [4.69, 9.17) is 5.73 Å². The van der Waals surface area contributed by atoms with Gasteiger partial charge in [0.2, 0.25) is 17.7 Å². The summed E-state index contributed by atoms with van der Waals surface area (Å²) >= 11 is 0. The number of imidazole rings is 1. The molecule has 3 aromatic rings. The maximum atomic E-state index is 13.4. The van der Waals surface area contributed by atoms with Crippen molar-refractivity contribution in [2.45, 2.75) is 49.9 Å². The van der Waals surface area contributed by atoms with Gasteiger partial charge in [-0.3, -0.25) is 14.4 Å². The molecule has 0 radical (unpaired) electrons. The van der Waals surface area contributed by atoms with Crippen LogP contribution in [0.5, 0.6) is 0 Å². The highest BCUT2D eigenvalue weighted by atomic mass is 16.4. The van der Waals surface area contributed by atoms with Crippen LogP contribution in [0.2, 0.25) is 0 Å². The van der Waals surface area contributed by atoms with Crippen molar-refractivity contribution in [3.05, 3.63) is 54.2 Å². The number of aliphatic carboxylic acids is 1. The number of nitrogens with two attached hydrogens (primary N) is 1. The van der Waals surface area contributed by atoms with Crippen LogP contribution in [0.3, 0.4) is 0 Å². The van der Waals surface area contributed by atoms with Crippen LogP contribution in [0, 0.1) is 0 Å². The molecule has 0 saturated carbocycles. The molecule has 3 amide bonds. The smallest absolute Gasteiger partial charge is 0.328 e. The lowest BCUT2D eigenvalue weighted by Gasteiger charge is -2.28. The van der Waals surface area contributed by atoms with E-state index in [1.54, 1.807) is 12.4 Å². The van der Waals surface area contributed by atoms with E-state index in [9.17, 15) is 29.4 Å². The Morgan fingerprint density at radius 1 is 1.13 bits per heavy atom. The molecule has 3 heterocycles. The highest BCUT2D eigenvalue weighted by Gasteiger charge is 2.38. The number of hydrogen-bond donors (Lipinski definition) is 7. The number of carboxylic acids is 1. The summed E-state index contributed by atoms with van der Waals surface area (Å²) in [6, 6.07) is 3.03. The highest BCUT2D eigenvalue weighted by molar-refractivity contribution is 5.95. The number of nitrogens with one attached hydrogen (secondary N) is 4. The van der Waals surface area contributed by atoms with Gasteiger partial charge < -0.3 is 41.4 Å². The molecule has 0 spiro atoms. The molecule has 38 heavy (non-hydrogen) atoms. The number of fused-ring (bicyclic) bond motifs is 1. The SMILES string of the molecule is NC(Cc1cnc[nH]1)C(=O)N1CCCC1C(=O)NC(Cc1c[nH]c2ccccc12)C(=O)NC(CO)C(=O)O. The minimum atomic E-state index is -1.53. The summed E-state index contributed by atoms with van der Waals surface area (Å²) < 4.78 is 0. The number of amides is 3. The Morgan fingerprint density at radius 2 is 1.92 bits per heavy atom. The number of aromatic amines is 2. The van der Waals surface area contributed by atoms with Crippen molar-refractivity contribution in [1.82, 2.24) is 30.5 Å². The maximum absolute atomic E-state index is 13.4. The number of aromatic nitrogens is 3. The minimum Gasteiger partial charge on any atom is -0.480 e. The van der Waals surface area contributed by atoms with Crippen molar-refractivity contribution in [3.8, 4) is 0 Å². The Bertz CT molecular complexity index is 1290. The lowest BCUT2D eigenvalue weighted by molar-refractivity contribution is -0.144. The molecule has 202 valence electrons. The fraction of sp³-hybridized carbons (Fsp3) is 0.400. The number of H-pyrrole nitrogens is 2. The normalized spacial score (nSPS) is 17.6. The lowest BCUT2D eigenvalue weighted by atomic mass is 10.0. The number of rotatable bonds is 11. The second-order valence-electron chi connectivity index (χ2n) is 9.28. The van der Waals surface area contributed by atoms with Gasteiger partial charge in [-0.05, 0) is 24.5 Å². The fourth-order valence-electron chi connectivity index (χ4n) is 4.69. The van der Waals surface area contributed by atoms with Crippen LogP contribution < -0.4 is 16.4 Å². The second-order valence-corrected chi connectivity index (χ2v) is 9.28. The van der Waals surface area contributed by atoms with Crippen molar-refractivity contribution in [1.29, 1.82) is 0 Å². The van der Waals surface area contributed by atoms with E-state index < -0.39 is 48.6 Å². The van der Waals surface area contributed by atoms with Crippen molar-refractivity contribution >= 4 is 34.6 Å². The summed E-state index contributed by atoms with van der Waals surface area (Å²) in [6.45, 7) is -0.466. The number of likely N-dealkylation sites (tertiary alicyclic amines) is 1. The van der Waals surface area contributed by atoms with Gasteiger partial charge in [-0.15, -0.1) is 0 Å². The van der Waals surface area contributed by atoms with Crippen LogP contribution in [-0.4, -0.2) is 91.1 Å². The lowest BCUT2D eigenvalue weighted by Crippen LogP contribution is -2.57. The van der Waals surface area contributed by atoms with E-state index >= 15 is 0 Å². The van der Waals surface area contributed by atoms with Gasteiger partial charge in [-0.2, -0.15) is 0 Å². The number of carbonyl (C=O) groups is 4. The number of aliphatic hydroxyl groups excluding tert-OH is 1. The Kier molecular flexibility index (Phi) is 8.38. The third-order valence-corrected chi connectivity index (χ3v) is 6.68. The Labute approximate surface area is 217 Å². The second kappa shape index (κ2) is 11.9. The van der Waals surface area contributed by atoms with E-state index in [2.05, 4.69) is 25.6 Å². The van der Waals surface area contributed by atoms with Crippen molar-refractivity contribution < 1.29 is 29.4 Å². The van der Waals surface area contributed by atoms with Crippen LogP contribution in [0.4, 0.5) is 0 Å². The number of nitrogens with zero attached hydrogens (tertiary/aromatic N) is 2. The molecule has 1 aliphatic heterocycles. The van der Waals surface area contributed by atoms with Crippen molar-refractivity contribution in [2.75, 3.05) is 13.2 Å². The number of carboxylic acid groups (broad SMARTS) is 1. The number of aliphatic hydroxyl groups is 1. The van der Waals surface area contributed by atoms with E-state index in [0.717, 1.165) is 16.5 Å². The fourth-order valence-corrected chi connectivity index (χ4v) is 4.69. The number of benzene rings is 1. The first-order valence-electron chi connectivity index (χ1n) is 12.3. The molecule has 2 aromatic heterocycles. The average Bonchev–Trinajstić information content (AvgIpc) is 3.67. The average molecular weight is 526 g/mol. The van der Waals surface area contributed by atoms with Gasteiger partial charge >= 0.3 is 5.97 Å². The zero-order valence-electron chi connectivity index (χ0n) is 20.6. The summed E-state index contributed by atoms with van der Waals surface area (Å²) in [6.07, 6.45) is 6.05. The topological polar surface area (TPSA) is 207 Å². The van der Waals surface area contributed by atoms with Gasteiger partial charge in [0.1, 0.15) is 18.1 Å². The zero-order chi connectivity index (χ0) is 27.2. The molecule has 1 fully saturated rings. The first kappa shape index (κ1) is 26.8. The summed E-state index contributed by atoms with van der Waals surface area (Å²) in [4.78, 5) is 62.3. The van der Waals surface area contributed by atoms with Crippen LogP contribution in [-0.2, 0) is 32.0 Å². The number of para-hydroxylation sites is 1. The molecule has 4 unspecified atom stereocenters. The molecular formula is C25H31N7O6. The van der Waals surface area contributed by atoms with Crippen LogP contribution in [0.15, 0.2) is 43.0 Å². The van der Waals surface area contributed by atoms with E-state index in [-0.39, 0.29) is 18.7 Å². The molecule has 13 nitrogen and oxygen atoms in total. The summed E-state index contributed by atoms with van der Waals surface area (Å²) in [5.41, 5.74) is 8.39. The van der Waals surface area contributed by atoms with Crippen LogP contribution in [0.1, 0.15) is 24.1 Å². The molecule has 0 aliphatic carbocycles. The van der Waals surface area contributed by atoms with Crippen LogP contribution >= 0.6 is 0 Å². The Balaban J connectivity index is 1.51. The van der Waals surface area contributed by atoms with Gasteiger partial charge in [0.15, 0.2) is 0 Å². The zero-order valence-corrected chi connectivity index (χ0v) is 20.6. The van der Waals surface area contributed by atoms with Crippen molar-refractivity contribution in [3.63, 3.8) is 0 Å². The third-order valence-electron chi connectivity index (χ3n) is 6.68. The quantitative estimate of drug-likeness (QED) is 0.166. The van der Waals surface area contributed by atoms with Crippen LogP contribution in [0.25, 0.3) is 10.9 Å². The first-order valence-corrected chi connectivity index (χ1v) is 12.3. The monoisotopic (exact) mass is 525 g/mol. The number of carbonyl (C=O) groups excluding carboxylic acids is 3. The largest absolute Gasteiger partial charge is 0.480 e. The van der Waals surface area contributed by atoms with E-state index in [0.29, 0.717) is 25.1 Å². The Morgan fingerprint density at radius 3 is 2.63 bits per heavy atom. The van der Waals surface area contributed by atoms with Gasteiger partial charge in [0.05, 0.1) is 19.0 Å². The standard InChI is InChI=1S/C25H31N7O6/c26-17(9-15-11-27-13-29-15)24(36)32-7-3-6-21(32)23(35)30-19(22(34)31-20(12-33)25(37)38)8-14-10-28-18-5-2-1-4-16(14)18/h1-2,4-5,10-11,13,17,19-21,28,33H,3,6-9,12,26H2,(H,27,29)(H,30,35)(H,31,34)(H,37,38). The van der Waals surface area contributed by atoms with Gasteiger partial charge in [-0.1, -0.05) is 18.2 Å². The highest BCUT2D eigenvalue weighted by Crippen LogP contribution is 2.21. The molecule has 1 saturated heterocycles. The summed E-state index contributed by atoms with van der Waals surface area (Å²) in [5.74, 6) is -3.10. The predicted molar refractivity (Wildman–Crippen MR) is 136 cm³/mol. The molecule has 1 aromatic carbocycles. The summed E-state index contributed by atoms with van der Waals surface area (Å²) in [5, 5.41) is 24.5. The predicted octanol–water partition coefficient (Wildman–Crippen LogP) is -0.959. The van der Waals surface area contributed by atoms with Gasteiger partial charge in [-0.25, -0.2) is 9.78 Å². The minimum absolute atomic E-state index is 0.0549. The molecule has 4 rings (SSSR count). The Hall–Kier alpha value is -4.23. The molecule has 0 bridgehead atoms. The molecular weight excluding hydrogens is 494 g/mol. The molecule has 4 atom stereocenters. The van der Waals surface area contributed by atoms with Gasteiger partial charge in [0.25, 0.3) is 0 Å². The van der Waals surface area contributed by atoms with Gasteiger partial charge in [0, 0.05) is 48.4 Å². The molecule has 13 heteroatoms. The first-order chi connectivity index (χ1) is 18.3. The summed E-state index contributed by atoms with van der Waals surface area (Å²) in [7, 11) is 0. The number of hydrogen-bond acceptors (Lipinski definition) is 7. The van der Waals surface area contributed by atoms with Crippen molar-refractivity contribution in [2.24, 2.45) is 5.73 Å². The molecule has 8 N–H and O–H groups in total. The van der Waals surface area contributed by atoms with E-state index in [1.165, 1.54) is 11.2 Å². The maximum Gasteiger partial charge on any atom is 0.328 e. The van der Waals surface area contributed by atoms with E-state index in [1.807, 2.05) is 24.3 Å². The molecule has 1 aliphatic rings. The third kappa shape index (κ3) is 6.01.